The normalized spacial score (nSPS) is 11.9. The number of benzene rings is 1. The van der Waals surface area contributed by atoms with Gasteiger partial charge in [-0.1, -0.05) is 0 Å². The van der Waals surface area contributed by atoms with Crippen molar-refractivity contribution < 1.29 is 12.8 Å². The summed E-state index contributed by atoms with van der Waals surface area (Å²) in [4.78, 5) is 7.93. The summed E-state index contributed by atoms with van der Waals surface area (Å²) in [5.74, 6) is 0.462. The molecule has 0 saturated carbocycles. The van der Waals surface area contributed by atoms with Gasteiger partial charge in [-0.3, -0.25) is 4.72 Å². The number of nitrogens with two attached hydrogens (primary N) is 1. The summed E-state index contributed by atoms with van der Waals surface area (Å²) in [7, 11) is -2.27. The molecule has 0 fully saturated rings. The van der Waals surface area contributed by atoms with Crippen LogP contribution in [0.25, 0.3) is 11.1 Å². The number of hydrogen-bond acceptors (Lipinski definition) is 6. The van der Waals surface area contributed by atoms with Crippen LogP contribution in [0.3, 0.4) is 0 Å². The number of rotatable bonds is 3. The van der Waals surface area contributed by atoms with Gasteiger partial charge in [-0.05, 0) is 18.2 Å². The largest absolute Gasteiger partial charge is 0.441 e. The number of aryl methyl sites for hydroxylation is 2. The van der Waals surface area contributed by atoms with Gasteiger partial charge in [-0.15, -0.1) is 0 Å². The highest BCUT2D eigenvalue weighted by molar-refractivity contribution is 7.92. The topological polar surface area (TPSA) is 116 Å². The second kappa shape index (κ2) is 4.48. The number of imidazole rings is 1. The third-order valence-electron chi connectivity index (χ3n) is 2.91. The van der Waals surface area contributed by atoms with E-state index in [0.29, 0.717) is 22.7 Å². The Morgan fingerprint density at radius 3 is 2.81 bits per heavy atom. The van der Waals surface area contributed by atoms with Crippen molar-refractivity contribution in [2.24, 2.45) is 7.05 Å². The molecule has 0 aliphatic carbocycles. The predicted octanol–water partition coefficient (Wildman–Crippen LogP) is 1.25. The summed E-state index contributed by atoms with van der Waals surface area (Å²) in [6, 6.07) is 4.84. The molecule has 0 amide bonds. The van der Waals surface area contributed by atoms with Crippen molar-refractivity contribution in [2.45, 2.75) is 11.9 Å². The Balaban J connectivity index is 2.01. The molecule has 2 aromatic heterocycles. The summed E-state index contributed by atoms with van der Waals surface area (Å²) in [6.07, 6.45) is 1.34. The van der Waals surface area contributed by atoms with Gasteiger partial charge in [0.2, 0.25) is 0 Å². The minimum absolute atomic E-state index is 0.0524. The van der Waals surface area contributed by atoms with E-state index in [1.165, 1.54) is 10.9 Å². The van der Waals surface area contributed by atoms with Gasteiger partial charge < -0.3 is 14.7 Å². The lowest BCUT2D eigenvalue weighted by Gasteiger charge is -2.08. The first-order valence-electron chi connectivity index (χ1n) is 6.03. The maximum absolute atomic E-state index is 12.3. The zero-order valence-electron chi connectivity index (χ0n) is 11.4. The van der Waals surface area contributed by atoms with E-state index < -0.39 is 10.0 Å². The maximum Gasteiger partial charge on any atom is 0.281 e. The van der Waals surface area contributed by atoms with Crippen LogP contribution in [0, 0.1) is 6.92 Å². The van der Waals surface area contributed by atoms with E-state index in [1.807, 2.05) is 0 Å². The van der Waals surface area contributed by atoms with Gasteiger partial charge in [0, 0.05) is 14.0 Å². The molecule has 0 aliphatic rings. The maximum atomic E-state index is 12.3. The molecule has 3 rings (SSSR count). The monoisotopic (exact) mass is 307 g/mol. The Kier molecular flexibility index (Phi) is 2.87. The number of fused-ring (bicyclic) bond motifs is 1. The zero-order chi connectivity index (χ0) is 15.2. The molecule has 0 spiro atoms. The highest BCUT2D eigenvalue weighted by Gasteiger charge is 2.22. The van der Waals surface area contributed by atoms with Crippen LogP contribution < -0.4 is 10.5 Å². The Hall–Kier alpha value is -2.55. The molecule has 0 aliphatic heterocycles. The minimum Gasteiger partial charge on any atom is -0.441 e. The van der Waals surface area contributed by atoms with E-state index in [1.54, 1.807) is 32.2 Å². The number of nitrogen functional groups attached to an aromatic ring is 1. The highest BCUT2D eigenvalue weighted by Crippen LogP contribution is 2.23. The fraction of sp³-hybridized carbons (Fsp3) is 0.167. The van der Waals surface area contributed by atoms with Crippen LogP contribution in [0.2, 0.25) is 0 Å². The highest BCUT2D eigenvalue weighted by atomic mass is 32.2. The molecule has 3 N–H and O–H groups in total. The molecule has 21 heavy (non-hydrogen) atoms. The van der Waals surface area contributed by atoms with Crippen LogP contribution in [0.5, 0.6) is 0 Å². The SMILES string of the molecule is Cc1nc2cc(NS(=O)(=O)c3c(N)ncn3C)ccc2o1. The molecule has 8 nitrogen and oxygen atoms in total. The van der Waals surface area contributed by atoms with E-state index in [2.05, 4.69) is 14.7 Å². The predicted molar refractivity (Wildman–Crippen MR) is 77.2 cm³/mol. The number of aromatic nitrogens is 3. The summed E-state index contributed by atoms with van der Waals surface area (Å²) in [5, 5.41) is -0.0843. The van der Waals surface area contributed by atoms with Crippen LogP contribution in [0.1, 0.15) is 5.89 Å². The molecule has 0 bridgehead atoms. The summed E-state index contributed by atoms with van der Waals surface area (Å²) in [5.41, 5.74) is 7.14. The van der Waals surface area contributed by atoms with Crippen molar-refractivity contribution in [3.63, 3.8) is 0 Å². The summed E-state index contributed by atoms with van der Waals surface area (Å²) >= 11 is 0. The molecular formula is C12H13N5O3S. The van der Waals surface area contributed by atoms with Gasteiger partial charge in [-0.2, -0.15) is 8.42 Å². The molecule has 0 atom stereocenters. The Morgan fingerprint density at radius 2 is 2.14 bits per heavy atom. The average molecular weight is 307 g/mol. The molecular weight excluding hydrogens is 294 g/mol. The lowest BCUT2D eigenvalue weighted by atomic mass is 10.3. The smallest absolute Gasteiger partial charge is 0.281 e. The Bertz CT molecular complexity index is 906. The van der Waals surface area contributed by atoms with E-state index >= 15 is 0 Å². The van der Waals surface area contributed by atoms with Crippen LogP contribution in [-0.4, -0.2) is 23.0 Å². The fourth-order valence-corrected chi connectivity index (χ4v) is 3.36. The molecule has 1 aromatic carbocycles. The van der Waals surface area contributed by atoms with E-state index in [0.717, 1.165) is 0 Å². The van der Waals surface area contributed by atoms with Gasteiger partial charge in [0.05, 0.1) is 12.0 Å². The van der Waals surface area contributed by atoms with Crippen LogP contribution in [-0.2, 0) is 17.1 Å². The second-order valence-corrected chi connectivity index (χ2v) is 6.16. The van der Waals surface area contributed by atoms with Crippen molar-refractivity contribution in [3.05, 3.63) is 30.4 Å². The molecule has 0 unspecified atom stereocenters. The number of sulfonamides is 1. The standard InChI is InChI=1S/C12H13N5O3S/c1-7-15-9-5-8(3-4-10(9)20-7)16-21(18,19)12-11(13)14-6-17(12)2/h3-6,16H,13H2,1-2H3. The Labute approximate surface area is 120 Å². The van der Waals surface area contributed by atoms with Crippen LogP contribution >= 0.6 is 0 Å². The molecule has 9 heteroatoms. The van der Waals surface area contributed by atoms with Gasteiger partial charge in [0.25, 0.3) is 10.0 Å². The number of hydrogen-bond donors (Lipinski definition) is 2. The summed E-state index contributed by atoms with van der Waals surface area (Å²) in [6.45, 7) is 1.72. The van der Waals surface area contributed by atoms with Crippen molar-refractivity contribution in [2.75, 3.05) is 10.5 Å². The van der Waals surface area contributed by atoms with Crippen molar-refractivity contribution >= 4 is 32.6 Å². The first kappa shape index (κ1) is 13.4. The molecule has 110 valence electrons. The number of anilines is 2. The molecule has 3 aromatic rings. The van der Waals surface area contributed by atoms with Gasteiger partial charge in [0.1, 0.15) is 5.52 Å². The zero-order valence-corrected chi connectivity index (χ0v) is 12.2. The van der Waals surface area contributed by atoms with Crippen molar-refractivity contribution in [1.29, 1.82) is 0 Å². The molecule has 2 heterocycles. The summed E-state index contributed by atoms with van der Waals surface area (Å²) < 4.78 is 33.8. The van der Waals surface area contributed by atoms with Crippen LogP contribution in [0.4, 0.5) is 11.5 Å². The fourth-order valence-electron chi connectivity index (χ4n) is 2.07. The number of nitrogens with one attached hydrogen (secondary N) is 1. The first-order chi connectivity index (χ1) is 9.87. The van der Waals surface area contributed by atoms with E-state index in [-0.39, 0.29) is 10.8 Å². The lowest BCUT2D eigenvalue weighted by molar-refractivity contribution is 0.561. The third kappa shape index (κ3) is 2.31. The second-order valence-electron chi connectivity index (χ2n) is 4.57. The quantitative estimate of drug-likeness (QED) is 0.752. The van der Waals surface area contributed by atoms with Crippen molar-refractivity contribution in [3.8, 4) is 0 Å². The minimum atomic E-state index is -3.83. The van der Waals surface area contributed by atoms with Crippen LogP contribution in [0.15, 0.2) is 34.0 Å². The molecule has 0 saturated heterocycles. The third-order valence-corrected chi connectivity index (χ3v) is 4.42. The van der Waals surface area contributed by atoms with Gasteiger partial charge in [0.15, 0.2) is 22.3 Å². The number of nitrogens with zero attached hydrogens (tertiary/aromatic N) is 3. The Morgan fingerprint density at radius 1 is 1.38 bits per heavy atom. The first-order valence-corrected chi connectivity index (χ1v) is 7.52. The lowest BCUT2D eigenvalue weighted by Crippen LogP contribution is -2.17. The molecule has 0 radical (unpaired) electrons. The van der Waals surface area contributed by atoms with Gasteiger partial charge >= 0.3 is 0 Å². The van der Waals surface area contributed by atoms with Crippen molar-refractivity contribution in [1.82, 2.24) is 14.5 Å². The van der Waals surface area contributed by atoms with Gasteiger partial charge in [-0.25, -0.2) is 9.97 Å². The number of oxazole rings is 1. The average Bonchev–Trinajstić information content (AvgIpc) is 2.90. The van der Waals surface area contributed by atoms with E-state index in [4.69, 9.17) is 10.2 Å². The van der Waals surface area contributed by atoms with E-state index in [9.17, 15) is 8.42 Å².